The molecule has 2 heterocycles. The summed E-state index contributed by atoms with van der Waals surface area (Å²) in [5.41, 5.74) is 7.78. The molecular weight excluding hydrogens is 256 g/mol. The lowest BCUT2D eigenvalue weighted by Gasteiger charge is -2.19. The maximum absolute atomic E-state index is 4.76. The minimum absolute atomic E-state index is 0.952. The summed E-state index contributed by atoms with van der Waals surface area (Å²) >= 11 is 0. The number of fused-ring (bicyclic) bond motifs is 2. The number of benzene rings is 2. The van der Waals surface area contributed by atoms with Gasteiger partial charge in [0.05, 0.1) is 5.69 Å². The molecular formula is C19H18N2. The molecule has 0 fully saturated rings. The second-order valence-electron chi connectivity index (χ2n) is 5.59. The van der Waals surface area contributed by atoms with Gasteiger partial charge in [0.25, 0.3) is 0 Å². The van der Waals surface area contributed by atoms with Crippen molar-refractivity contribution in [2.75, 3.05) is 11.4 Å². The first-order chi connectivity index (χ1) is 10.3. The number of anilines is 1. The van der Waals surface area contributed by atoms with Crippen LogP contribution in [0.1, 0.15) is 18.1 Å². The van der Waals surface area contributed by atoms with E-state index in [-0.39, 0.29) is 0 Å². The molecule has 21 heavy (non-hydrogen) atoms. The van der Waals surface area contributed by atoms with E-state index in [1.165, 1.54) is 28.2 Å². The van der Waals surface area contributed by atoms with E-state index >= 15 is 0 Å². The Morgan fingerprint density at radius 1 is 1.00 bits per heavy atom. The van der Waals surface area contributed by atoms with E-state index in [1.807, 2.05) is 0 Å². The van der Waals surface area contributed by atoms with Gasteiger partial charge in [0.2, 0.25) is 0 Å². The van der Waals surface area contributed by atoms with Crippen LogP contribution in [0.3, 0.4) is 0 Å². The molecule has 2 nitrogen and oxygen atoms in total. The Morgan fingerprint density at radius 2 is 1.76 bits per heavy atom. The number of rotatable bonds is 2. The zero-order valence-electron chi connectivity index (χ0n) is 12.2. The van der Waals surface area contributed by atoms with Crippen LogP contribution in [0, 0.1) is 0 Å². The second-order valence-corrected chi connectivity index (χ2v) is 5.59. The summed E-state index contributed by atoms with van der Waals surface area (Å²) < 4.78 is 0. The molecule has 0 spiro atoms. The van der Waals surface area contributed by atoms with Crippen LogP contribution in [-0.2, 0) is 12.8 Å². The molecule has 2 aliphatic heterocycles. The zero-order chi connectivity index (χ0) is 14.2. The van der Waals surface area contributed by atoms with Crippen molar-refractivity contribution in [3.63, 3.8) is 0 Å². The Kier molecular flexibility index (Phi) is 2.88. The first-order valence-corrected chi connectivity index (χ1v) is 7.56. The molecule has 0 amide bonds. The van der Waals surface area contributed by atoms with Crippen molar-refractivity contribution in [3.05, 3.63) is 71.4 Å². The molecule has 2 aromatic carbocycles. The van der Waals surface area contributed by atoms with Gasteiger partial charge in [-0.05, 0) is 36.3 Å². The number of allylic oxidation sites excluding steroid dienone is 2. The summed E-state index contributed by atoms with van der Waals surface area (Å²) in [5.74, 6) is 0. The average Bonchev–Trinajstić information content (AvgIpc) is 3.06. The first kappa shape index (κ1) is 12.4. The van der Waals surface area contributed by atoms with Gasteiger partial charge in [-0.15, -0.1) is 0 Å². The van der Waals surface area contributed by atoms with Crippen molar-refractivity contribution in [3.8, 4) is 0 Å². The van der Waals surface area contributed by atoms with Crippen LogP contribution in [0.5, 0.6) is 0 Å². The monoisotopic (exact) mass is 274 g/mol. The van der Waals surface area contributed by atoms with E-state index < -0.39 is 0 Å². The van der Waals surface area contributed by atoms with Crippen LogP contribution >= 0.6 is 0 Å². The second kappa shape index (κ2) is 4.88. The highest BCUT2D eigenvalue weighted by atomic mass is 15.2. The minimum Gasteiger partial charge on any atom is -0.345 e. The number of likely N-dealkylation sites (N-methyl/N-ethyl adjacent to an activating group) is 1. The molecule has 0 unspecified atom stereocenters. The zero-order valence-corrected chi connectivity index (χ0v) is 12.2. The summed E-state index contributed by atoms with van der Waals surface area (Å²) in [7, 11) is 0. The maximum Gasteiger partial charge on any atom is 0.0669 e. The predicted octanol–water partition coefficient (Wildman–Crippen LogP) is 4.28. The Morgan fingerprint density at radius 3 is 2.57 bits per heavy atom. The summed E-state index contributed by atoms with van der Waals surface area (Å²) in [6, 6.07) is 17.1. The Labute approximate surface area is 125 Å². The molecule has 0 saturated carbocycles. The third-order valence-corrected chi connectivity index (χ3v) is 4.28. The highest BCUT2D eigenvalue weighted by Crippen LogP contribution is 2.35. The number of hydrogen-bond acceptors (Lipinski definition) is 2. The SMILES string of the molecule is CCN1/C(=C/C2=Nc3ccccc3C2)Cc2ccccc21. The van der Waals surface area contributed by atoms with Crippen molar-refractivity contribution in [2.24, 2.45) is 4.99 Å². The third kappa shape index (κ3) is 2.07. The molecule has 0 radical (unpaired) electrons. The predicted molar refractivity (Wildman–Crippen MR) is 88.5 cm³/mol. The van der Waals surface area contributed by atoms with Gasteiger partial charge in [0.15, 0.2) is 0 Å². The van der Waals surface area contributed by atoms with Gasteiger partial charge in [0.1, 0.15) is 0 Å². The molecule has 0 atom stereocenters. The van der Waals surface area contributed by atoms with Gasteiger partial charge < -0.3 is 4.90 Å². The topological polar surface area (TPSA) is 15.6 Å². The molecule has 0 bridgehead atoms. The molecule has 4 rings (SSSR count). The highest BCUT2D eigenvalue weighted by Gasteiger charge is 2.23. The lowest BCUT2D eigenvalue weighted by molar-refractivity contribution is 0.968. The lowest BCUT2D eigenvalue weighted by Crippen LogP contribution is -2.18. The number of nitrogens with zero attached hydrogens (tertiary/aromatic N) is 2. The normalized spacial score (nSPS) is 17.9. The number of aliphatic imine (C=N–C) groups is 1. The van der Waals surface area contributed by atoms with Crippen LogP contribution in [-0.4, -0.2) is 12.3 Å². The fourth-order valence-corrected chi connectivity index (χ4v) is 3.31. The summed E-state index contributed by atoms with van der Waals surface area (Å²) in [6.45, 7) is 3.21. The molecule has 0 aliphatic carbocycles. The van der Waals surface area contributed by atoms with Crippen LogP contribution in [0.25, 0.3) is 0 Å². The lowest BCUT2D eigenvalue weighted by atomic mass is 10.1. The molecule has 2 aliphatic rings. The molecule has 0 saturated heterocycles. The van der Waals surface area contributed by atoms with Crippen molar-refractivity contribution in [2.45, 2.75) is 19.8 Å². The van der Waals surface area contributed by atoms with E-state index in [0.717, 1.165) is 25.1 Å². The van der Waals surface area contributed by atoms with E-state index in [2.05, 4.69) is 66.4 Å². The Balaban J connectivity index is 1.67. The van der Waals surface area contributed by atoms with Crippen LogP contribution in [0.4, 0.5) is 11.4 Å². The van der Waals surface area contributed by atoms with E-state index in [4.69, 9.17) is 4.99 Å². The number of para-hydroxylation sites is 2. The molecule has 104 valence electrons. The van der Waals surface area contributed by atoms with Crippen molar-refractivity contribution in [1.29, 1.82) is 0 Å². The van der Waals surface area contributed by atoms with E-state index in [1.54, 1.807) is 0 Å². The third-order valence-electron chi connectivity index (χ3n) is 4.28. The van der Waals surface area contributed by atoms with Crippen molar-refractivity contribution in [1.82, 2.24) is 0 Å². The minimum atomic E-state index is 0.952. The van der Waals surface area contributed by atoms with Gasteiger partial charge >= 0.3 is 0 Å². The van der Waals surface area contributed by atoms with Crippen molar-refractivity contribution < 1.29 is 0 Å². The Hall–Kier alpha value is -2.35. The standard InChI is InChI=1S/C19H18N2/c1-2-21-17(12-15-8-4-6-10-19(15)21)13-16-11-14-7-3-5-9-18(14)20-16/h3-10,13H,2,11-12H2,1H3/b17-13+. The molecule has 2 aromatic rings. The van der Waals surface area contributed by atoms with Crippen molar-refractivity contribution >= 4 is 17.1 Å². The average molecular weight is 274 g/mol. The van der Waals surface area contributed by atoms with Gasteiger partial charge in [0, 0.05) is 36.5 Å². The quantitative estimate of drug-likeness (QED) is 0.798. The molecule has 0 N–H and O–H groups in total. The summed E-state index contributed by atoms with van der Waals surface area (Å²) in [6.07, 6.45) is 4.25. The summed E-state index contributed by atoms with van der Waals surface area (Å²) in [4.78, 5) is 7.16. The van der Waals surface area contributed by atoms with Crippen LogP contribution in [0.2, 0.25) is 0 Å². The van der Waals surface area contributed by atoms with E-state index in [9.17, 15) is 0 Å². The van der Waals surface area contributed by atoms with E-state index in [0.29, 0.717) is 0 Å². The fraction of sp³-hybridized carbons (Fsp3) is 0.211. The molecule has 0 aromatic heterocycles. The van der Waals surface area contributed by atoms with Gasteiger partial charge in [-0.2, -0.15) is 0 Å². The highest BCUT2D eigenvalue weighted by molar-refractivity contribution is 6.03. The van der Waals surface area contributed by atoms with Gasteiger partial charge in [-0.3, -0.25) is 4.99 Å². The number of hydrogen-bond donors (Lipinski definition) is 0. The molecule has 2 heteroatoms. The maximum atomic E-state index is 4.76. The largest absolute Gasteiger partial charge is 0.345 e. The Bertz CT molecular complexity index is 756. The van der Waals surface area contributed by atoms with Crippen LogP contribution in [0.15, 0.2) is 65.3 Å². The van der Waals surface area contributed by atoms with Gasteiger partial charge in [-0.25, -0.2) is 0 Å². The van der Waals surface area contributed by atoms with Crippen LogP contribution < -0.4 is 4.90 Å². The first-order valence-electron chi connectivity index (χ1n) is 7.56. The summed E-state index contributed by atoms with van der Waals surface area (Å²) in [5, 5.41) is 0. The van der Waals surface area contributed by atoms with Gasteiger partial charge in [-0.1, -0.05) is 36.4 Å². The fourth-order valence-electron chi connectivity index (χ4n) is 3.31. The smallest absolute Gasteiger partial charge is 0.0669 e.